The van der Waals surface area contributed by atoms with Crippen LogP contribution in [0.2, 0.25) is 0 Å². The van der Waals surface area contributed by atoms with Crippen LogP contribution in [0.25, 0.3) is 0 Å². The van der Waals surface area contributed by atoms with Gasteiger partial charge in [-0.05, 0) is 44.4 Å². The number of nitrogens with one attached hydrogen (secondary N) is 2. The Morgan fingerprint density at radius 1 is 1.38 bits per heavy atom. The lowest BCUT2D eigenvalue weighted by molar-refractivity contribution is 0.0683. The van der Waals surface area contributed by atoms with Crippen molar-refractivity contribution in [2.45, 2.75) is 51.9 Å². The molecule has 0 bridgehead atoms. The molecule has 32 heavy (non-hydrogen) atoms. The molecule has 2 aromatic rings. The molecule has 1 aromatic heterocycles. The molecule has 0 aliphatic carbocycles. The highest BCUT2D eigenvalue weighted by molar-refractivity contribution is 5.79. The van der Waals surface area contributed by atoms with Crippen LogP contribution in [0.1, 0.15) is 50.1 Å². The number of ether oxygens (including phenoxy) is 2. The first kappa shape index (κ1) is 23.9. The first-order valence-corrected chi connectivity index (χ1v) is 11.0. The van der Waals surface area contributed by atoms with Gasteiger partial charge in [0.1, 0.15) is 6.10 Å². The van der Waals surface area contributed by atoms with Crippen LogP contribution in [0.5, 0.6) is 5.75 Å². The standard InChI is InChI=1S/C22H33FN6O3/c1-5-31-15(2)21-27-20(32-28-21)13-25-22(24-3)26-17-8-10-29(11-9-17)14-16-6-7-19(30-4)18(23)12-16/h6-7,12,15,17H,5,8-11,13-14H2,1-4H3,(H2,24,25,26). The Morgan fingerprint density at radius 3 is 2.81 bits per heavy atom. The van der Waals surface area contributed by atoms with Crippen molar-refractivity contribution in [3.63, 3.8) is 0 Å². The van der Waals surface area contributed by atoms with Crippen LogP contribution in [-0.2, 0) is 17.8 Å². The first-order valence-electron chi connectivity index (χ1n) is 11.0. The molecule has 1 saturated heterocycles. The Morgan fingerprint density at radius 2 is 2.16 bits per heavy atom. The second-order valence-corrected chi connectivity index (χ2v) is 7.73. The van der Waals surface area contributed by atoms with E-state index in [-0.39, 0.29) is 17.7 Å². The number of aliphatic imine (C=N–C) groups is 1. The van der Waals surface area contributed by atoms with Gasteiger partial charge in [-0.3, -0.25) is 9.89 Å². The molecule has 0 spiro atoms. The largest absolute Gasteiger partial charge is 0.494 e. The molecule has 0 radical (unpaired) electrons. The molecule has 1 aromatic carbocycles. The third-order valence-corrected chi connectivity index (χ3v) is 5.45. The zero-order valence-electron chi connectivity index (χ0n) is 19.2. The van der Waals surface area contributed by atoms with E-state index in [0.717, 1.165) is 38.0 Å². The number of piperidine rings is 1. The molecule has 2 heterocycles. The zero-order chi connectivity index (χ0) is 22.9. The molecule has 1 aliphatic rings. The minimum atomic E-state index is -0.322. The molecule has 2 N–H and O–H groups in total. The second-order valence-electron chi connectivity index (χ2n) is 7.73. The van der Waals surface area contributed by atoms with E-state index in [1.807, 2.05) is 19.9 Å². The van der Waals surface area contributed by atoms with Crippen molar-refractivity contribution in [2.75, 3.05) is 33.9 Å². The molecule has 0 amide bonds. The summed E-state index contributed by atoms with van der Waals surface area (Å²) < 4.78 is 29.7. The van der Waals surface area contributed by atoms with E-state index in [1.165, 1.54) is 7.11 Å². The van der Waals surface area contributed by atoms with Crippen LogP contribution < -0.4 is 15.4 Å². The maximum absolute atomic E-state index is 13.9. The van der Waals surface area contributed by atoms with Gasteiger partial charge in [-0.1, -0.05) is 11.2 Å². The number of hydrogen-bond acceptors (Lipinski definition) is 7. The fraction of sp³-hybridized carbons (Fsp3) is 0.591. The minimum Gasteiger partial charge on any atom is -0.494 e. The molecule has 0 saturated carbocycles. The highest BCUT2D eigenvalue weighted by Gasteiger charge is 2.21. The van der Waals surface area contributed by atoms with Crippen molar-refractivity contribution in [1.82, 2.24) is 25.7 Å². The monoisotopic (exact) mass is 448 g/mol. The van der Waals surface area contributed by atoms with Crippen molar-refractivity contribution in [1.29, 1.82) is 0 Å². The normalized spacial score (nSPS) is 16.7. The molecular formula is C22H33FN6O3. The Bertz CT molecular complexity index is 882. The summed E-state index contributed by atoms with van der Waals surface area (Å²) in [5, 5.41) is 10.6. The summed E-state index contributed by atoms with van der Waals surface area (Å²) in [5.41, 5.74) is 0.949. The number of guanidine groups is 1. The van der Waals surface area contributed by atoms with Gasteiger partial charge in [0.25, 0.3) is 0 Å². The van der Waals surface area contributed by atoms with Crippen LogP contribution in [0.4, 0.5) is 4.39 Å². The molecule has 1 fully saturated rings. The SMILES string of the molecule is CCOC(C)c1noc(CNC(=NC)NC2CCN(Cc3ccc(OC)c(F)c3)CC2)n1. The van der Waals surface area contributed by atoms with Crippen LogP contribution >= 0.6 is 0 Å². The number of likely N-dealkylation sites (tertiary alicyclic amines) is 1. The maximum atomic E-state index is 13.9. The lowest BCUT2D eigenvalue weighted by atomic mass is 10.0. The first-order chi connectivity index (χ1) is 15.5. The summed E-state index contributed by atoms with van der Waals surface area (Å²) in [7, 11) is 3.21. The summed E-state index contributed by atoms with van der Waals surface area (Å²) in [4.78, 5) is 11.0. The lowest BCUT2D eigenvalue weighted by Crippen LogP contribution is -2.48. The minimum absolute atomic E-state index is 0.200. The average molecular weight is 449 g/mol. The molecule has 1 atom stereocenters. The molecular weight excluding hydrogens is 415 g/mol. The van der Waals surface area contributed by atoms with E-state index in [0.29, 0.717) is 36.9 Å². The zero-order valence-corrected chi connectivity index (χ0v) is 19.2. The van der Waals surface area contributed by atoms with E-state index < -0.39 is 0 Å². The molecule has 1 aliphatic heterocycles. The summed E-state index contributed by atoms with van der Waals surface area (Å²) in [6, 6.07) is 5.45. The Labute approximate surface area is 188 Å². The summed E-state index contributed by atoms with van der Waals surface area (Å²) in [5.74, 6) is 1.67. The fourth-order valence-corrected chi connectivity index (χ4v) is 3.68. The van der Waals surface area contributed by atoms with Gasteiger partial charge in [-0.25, -0.2) is 4.39 Å². The van der Waals surface area contributed by atoms with E-state index >= 15 is 0 Å². The van der Waals surface area contributed by atoms with Gasteiger partial charge in [-0.15, -0.1) is 0 Å². The van der Waals surface area contributed by atoms with Crippen molar-refractivity contribution in [3.05, 3.63) is 41.3 Å². The van der Waals surface area contributed by atoms with Crippen molar-refractivity contribution < 1.29 is 18.4 Å². The third kappa shape index (κ3) is 6.64. The van der Waals surface area contributed by atoms with Gasteiger partial charge < -0.3 is 24.6 Å². The predicted molar refractivity (Wildman–Crippen MR) is 119 cm³/mol. The van der Waals surface area contributed by atoms with Gasteiger partial charge in [0.05, 0.1) is 13.7 Å². The Balaban J connectivity index is 1.42. The maximum Gasteiger partial charge on any atom is 0.246 e. The van der Waals surface area contributed by atoms with Gasteiger partial charge in [0, 0.05) is 39.3 Å². The van der Waals surface area contributed by atoms with Crippen LogP contribution in [-0.4, -0.2) is 60.9 Å². The Kier molecular flexibility index (Phi) is 8.81. The van der Waals surface area contributed by atoms with Crippen LogP contribution in [0.15, 0.2) is 27.7 Å². The van der Waals surface area contributed by atoms with E-state index in [2.05, 4.69) is 30.7 Å². The smallest absolute Gasteiger partial charge is 0.246 e. The van der Waals surface area contributed by atoms with E-state index in [1.54, 1.807) is 19.2 Å². The summed E-state index contributed by atoms with van der Waals surface area (Å²) in [6.45, 7) is 7.36. The number of rotatable bonds is 9. The average Bonchev–Trinajstić information content (AvgIpc) is 3.27. The quantitative estimate of drug-likeness (QED) is 0.446. The molecule has 9 nitrogen and oxygen atoms in total. The number of aromatic nitrogens is 2. The topological polar surface area (TPSA) is 97.0 Å². The Hall–Kier alpha value is -2.72. The van der Waals surface area contributed by atoms with Gasteiger partial charge in [0.2, 0.25) is 5.89 Å². The highest BCUT2D eigenvalue weighted by Crippen LogP contribution is 2.20. The summed E-state index contributed by atoms with van der Waals surface area (Å²) >= 11 is 0. The number of nitrogens with zero attached hydrogens (tertiary/aromatic N) is 4. The number of hydrogen-bond donors (Lipinski definition) is 2. The second kappa shape index (κ2) is 11.8. The van der Waals surface area contributed by atoms with Crippen LogP contribution in [0.3, 0.4) is 0 Å². The molecule has 1 unspecified atom stereocenters. The number of halogens is 1. The van der Waals surface area contributed by atoms with Crippen molar-refractivity contribution in [3.8, 4) is 5.75 Å². The highest BCUT2D eigenvalue weighted by atomic mass is 19.1. The number of methoxy groups -OCH3 is 1. The van der Waals surface area contributed by atoms with Crippen molar-refractivity contribution >= 4 is 5.96 Å². The van der Waals surface area contributed by atoms with E-state index in [9.17, 15) is 4.39 Å². The lowest BCUT2D eigenvalue weighted by Gasteiger charge is -2.33. The molecule has 10 heteroatoms. The van der Waals surface area contributed by atoms with Gasteiger partial charge >= 0.3 is 0 Å². The van der Waals surface area contributed by atoms with Gasteiger partial charge in [0.15, 0.2) is 23.4 Å². The fourth-order valence-electron chi connectivity index (χ4n) is 3.68. The van der Waals surface area contributed by atoms with E-state index in [4.69, 9.17) is 14.0 Å². The van der Waals surface area contributed by atoms with Gasteiger partial charge in [-0.2, -0.15) is 4.98 Å². The summed E-state index contributed by atoms with van der Waals surface area (Å²) in [6.07, 6.45) is 1.74. The predicted octanol–water partition coefficient (Wildman–Crippen LogP) is 2.64. The molecule has 3 rings (SSSR count). The number of benzene rings is 1. The molecule has 176 valence electrons. The third-order valence-electron chi connectivity index (χ3n) is 5.45. The van der Waals surface area contributed by atoms with Crippen molar-refractivity contribution in [2.24, 2.45) is 4.99 Å². The van der Waals surface area contributed by atoms with Crippen LogP contribution in [0, 0.1) is 5.82 Å².